The summed E-state index contributed by atoms with van der Waals surface area (Å²) in [7, 11) is 1.66. The van der Waals surface area contributed by atoms with Crippen LogP contribution in [0.2, 0.25) is 5.02 Å². The summed E-state index contributed by atoms with van der Waals surface area (Å²) in [4.78, 5) is 43.5. The van der Waals surface area contributed by atoms with Gasteiger partial charge in [0.1, 0.15) is 5.75 Å². The van der Waals surface area contributed by atoms with Gasteiger partial charge in [0.25, 0.3) is 5.91 Å². The van der Waals surface area contributed by atoms with Gasteiger partial charge in [0.05, 0.1) is 17.1 Å². The van der Waals surface area contributed by atoms with Crippen LogP contribution in [0, 0.1) is 0 Å². The van der Waals surface area contributed by atoms with E-state index in [0.29, 0.717) is 11.3 Å². The molecule has 0 bridgehead atoms. The minimum Gasteiger partial charge on any atom is -0.484 e. The number of benzene rings is 2. The van der Waals surface area contributed by atoms with Gasteiger partial charge in [0.15, 0.2) is 6.61 Å². The van der Waals surface area contributed by atoms with Crippen molar-refractivity contribution in [2.24, 2.45) is 0 Å². The lowest BCUT2D eigenvalue weighted by molar-refractivity contribution is -0.153. The van der Waals surface area contributed by atoms with Crippen LogP contribution in [-0.2, 0) is 11.3 Å². The van der Waals surface area contributed by atoms with E-state index in [1.54, 1.807) is 43.1 Å². The number of nitrogens with zero attached hydrogens (tertiary/aromatic N) is 3. The largest absolute Gasteiger partial charge is 0.484 e. The number of para-hydroxylation sites is 1. The molecule has 206 valence electrons. The molecule has 3 rings (SSSR count). The third kappa shape index (κ3) is 7.09. The topological polar surface area (TPSA) is 82.2 Å². The first-order chi connectivity index (χ1) is 17.8. The van der Waals surface area contributed by atoms with E-state index in [-0.39, 0.29) is 47.9 Å². The molecule has 1 N–H and O–H groups in total. The van der Waals surface area contributed by atoms with Crippen LogP contribution in [0.4, 0.5) is 23.7 Å². The normalized spacial score (nSPS) is 15.6. The number of hydrogen-bond acceptors (Lipinski definition) is 4. The molecule has 2 aromatic carbocycles. The molecule has 38 heavy (non-hydrogen) atoms. The monoisotopic (exact) mass is 554 g/mol. The molecular weight excluding hydrogens is 525 g/mol. The van der Waals surface area contributed by atoms with Crippen LogP contribution in [0.15, 0.2) is 42.5 Å². The quantitative estimate of drug-likeness (QED) is 0.561. The van der Waals surface area contributed by atoms with Gasteiger partial charge in [-0.15, -0.1) is 0 Å². The highest BCUT2D eigenvalue weighted by Crippen LogP contribution is 2.31. The Bertz CT molecular complexity index is 1190. The summed E-state index contributed by atoms with van der Waals surface area (Å²) in [6.45, 7) is 4.18. The number of likely N-dealkylation sites (N-methyl/N-ethyl adjacent to an activating group) is 1. The number of amides is 4. The molecule has 8 nitrogen and oxygen atoms in total. The third-order valence-corrected chi connectivity index (χ3v) is 6.55. The molecule has 2 aromatic rings. The lowest BCUT2D eigenvalue weighted by atomic mass is 10.1. The Morgan fingerprint density at radius 2 is 1.87 bits per heavy atom. The highest BCUT2D eigenvalue weighted by molar-refractivity contribution is 6.34. The Kier molecular flexibility index (Phi) is 9.14. The van der Waals surface area contributed by atoms with Crippen LogP contribution in [0.1, 0.15) is 36.7 Å². The zero-order valence-corrected chi connectivity index (χ0v) is 22.3. The number of hydrogen-bond donors (Lipinski definition) is 1. The number of alkyl halides is 3. The average Bonchev–Trinajstić information content (AvgIpc) is 3.01. The summed E-state index contributed by atoms with van der Waals surface area (Å²) >= 11 is 6.28. The smallest absolute Gasteiger partial charge is 0.422 e. The van der Waals surface area contributed by atoms with Crippen LogP contribution >= 0.6 is 11.6 Å². The SMILES string of the molecule is CC(C)N(C)C(=O)CNC(=O)N1Cc2ccccc2N(C(=O)c2ccc(OCC(F)(F)F)cc2Cl)C[C@H]1C. The number of urea groups is 1. The number of ether oxygens (including phenoxy) is 1. The van der Waals surface area contributed by atoms with Gasteiger partial charge < -0.3 is 24.8 Å². The number of halogens is 4. The Morgan fingerprint density at radius 3 is 2.50 bits per heavy atom. The van der Waals surface area contributed by atoms with Crippen molar-refractivity contribution in [1.82, 2.24) is 15.1 Å². The van der Waals surface area contributed by atoms with Crippen LogP contribution in [0.5, 0.6) is 5.75 Å². The highest BCUT2D eigenvalue weighted by Gasteiger charge is 2.33. The maximum absolute atomic E-state index is 13.6. The minimum absolute atomic E-state index is 0.0138. The van der Waals surface area contributed by atoms with Crippen LogP contribution in [0.3, 0.4) is 0 Å². The van der Waals surface area contributed by atoms with Crippen molar-refractivity contribution in [1.29, 1.82) is 0 Å². The fourth-order valence-electron chi connectivity index (χ4n) is 3.91. The van der Waals surface area contributed by atoms with Gasteiger partial charge in [-0.1, -0.05) is 29.8 Å². The average molecular weight is 555 g/mol. The molecule has 1 heterocycles. The highest BCUT2D eigenvalue weighted by atomic mass is 35.5. The Labute approximate surface area is 224 Å². The summed E-state index contributed by atoms with van der Waals surface area (Å²) in [6, 6.07) is 9.91. The van der Waals surface area contributed by atoms with Gasteiger partial charge in [-0.05, 0) is 50.6 Å². The number of nitrogens with one attached hydrogen (secondary N) is 1. The molecule has 4 amide bonds. The van der Waals surface area contributed by atoms with Crippen molar-refractivity contribution < 1.29 is 32.3 Å². The summed E-state index contributed by atoms with van der Waals surface area (Å²) in [5.74, 6) is -0.827. The predicted octanol–water partition coefficient (Wildman–Crippen LogP) is 4.71. The van der Waals surface area contributed by atoms with Crippen molar-refractivity contribution >= 4 is 35.1 Å². The van der Waals surface area contributed by atoms with Crippen molar-refractivity contribution in [3.05, 3.63) is 58.6 Å². The van der Waals surface area contributed by atoms with Crippen LogP contribution in [-0.4, -0.2) is 72.6 Å². The zero-order chi connectivity index (χ0) is 28.2. The van der Waals surface area contributed by atoms with Gasteiger partial charge >= 0.3 is 12.2 Å². The minimum atomic E-state index is -4.51. The number of rotatable bonds is 6. The molecule has 0 unspecified atom stereocenters. The Morgan fingerprint density at radius 1 is 1.18 bits per heavy atom. The molecule has 12 heteroatoms. The summed E-state index contributed by atoms with van der Waals surface area (Å²) in [5, 5.41) is 2.60. The van der Waals surface area contributed by atoms with Crippen LogP contribution in [0.25, 0.3) is 0 Å². The number of carbonyl (C=O) groups excluding carboxylic acids is 3. The van der Waals surface area contributed by atoms with Crippen LogP contribution < -0.4 is 15.0 Å². The second-order valence-corrected chi connectivity index (χ2v) is 9.73. The van der Waals surface area contributed by atoms with Gasteiger partial charge in [0.2, 0.25) is 5.91 Å². The molecule has 1 aliphatic heterocycles. The van der Waals surface area contributed by atoms with Gasteiger partial charge in [-0.2, -0.15) is 13.2 Å². The van der Waals surface area contributed by atoms with Crippen molar-refractivity contribution in [3.8, 4) is 5.75 Å². The molecule has 0 spiro atoms. The molecule has 0 radical (unpaired) electrons. The molecule has 0 saturated carbocycles. The molecule has 1 aliphatic rings. The van der Waals surface area contributed by atoms with Crippen molar-refractivity contribution in [2.75, 3.05) is 31.6 Å². The second kappa shape index (κ2) is 11.9. The molecule has 0 saturated heterocycles. The molecule has 0 fully saturated rings. The van der Waals surface area contributed by atoms with E-state index in [1.807, 2.05) is 13.8 Å². The Hall–Kier alpha value is -3.47. The maximum Gasteiger partial charge on any atom is 0.422 e. The second-order valence-electron chi connectivity index (χ2n) is 9.32. The number of fused-ring (bicyclic) bond motifs is 1. The van der Waals surface area contributed by atoms with E-state index < -0.39 is 30.8 Å². The molecule has 0 aromatic heterocycles. The van der Waals surface area contributed by atoms with Gasteiger partial charge in [-0.3, -0.25) is 9.59 Å². The number of carbonyl (C=O) groups is 3. The van der Waals surface area contributed by atoms with E-state index in [0.717, 1.165) is 0 Å². The fraction of sp³-hybridized carbons (Fsp3) is 0.423. The first-order valence-corrected chi connectivity index (χ1v) is 12.3. The fourth-order valence-corrected chi connectivity index (χ4v) is 4.16. The first kappa shape index (κ1) is 29.1. The summed E-state index contributed by atoms with van der Waals surface area (Å²) < 4.78 is 42.2. The zero-order valence-electron chi connectivity index (χ0n) is 21.5. The molecule has 1 atom stereocenters. The lowest BCUT2D eigenvalue weighted by Gasteiger charge is -2.30. The van der Waals surface area contributed by atoms with Crippen molar-refractivity contribution in [3.63, 3.8) is 0 Å². The van der Waals surface area contributed by atoms with E-state index in [4.69, 9.17) is 16.3 Å². The number of anilines is 1. The van der Waals surface area contributed by atoms with E-state index in [2.05, 4.69) is 5.32 Å². The van der Waals surface area contributed by atoms with E-state index >= 15 is 0 Å². The van der Waals surface area contributed by atoms with Gasteiger partial charge in [-0.25, -0.2) is 4.79 Å². The van der Waals surface area contributed by atoms with Crippen molar-refractivity contribution in [2.45, 2.75) is 45.6 Å². The maximum atomic E-state index is 13.6. The summed E-state index contributed by atoms with van der Waals surface area (Å²) in [5.41, 5.74) is 1.35. The van der Waals surface area contributed by atoms with E-state index in [9.17, 15) is 27.6 Å². The summed E-state index contributed by atoms with van der Waals surface area (Å²) in [6.07, 6.45) is -4.51. The first-order valence-electron chi connectivity index (χ1n) is 12.0. The Balaban J connectivity index is 1.81. The standard InChI is InChI=1S/C26H30ClF3N4O4/c1-16(2)32(4)23(35)12-31-25(37)33-14-18-7-5-6-8-22(18)34(13-17(33)3)24(36)20-10-9-19(11-21(20)27)38-15-26(28,29)30/h5-11,16-17H,12-15H2,1-4H3,(H,31,37)/t17-/m1/s1. The molecular formula is C26H30ClF3N4O4. The lowest BCUT2D eigenvalue weighted by Crippen LogP contribution is -2.50. The molecule has 0 aliphatic carbocycles. The predicted molar refractivity (Wildman–Crippen MR) is 137 cm³/mol. The van der Waals surface area contributed by atoms with E-state index in [1.165, 1.54) is 28.0 Å². The van der Waals surface area contributed by atoms with Gasteiger partial charge in [0, 0.05) is 37.9 Å². The third-order valence-electron chi connectivity index (χ3n) is 6.24.